The molecule has 1 aromatic rings. The molecule has 0 aliphatic carbocycles. The molecule has 0 aliphatic rings. The first-order valence-electron chi connectivity index (χ1n) is 8.48. The summed E-state index contributed by atoms with van der Waals surface area (Å²) in [5.74, 6) is 0. The van der Waals surface area contributed by atoms with Gasteiger partial charge in [0, 0.05) is 12.4 Å². The average molecular weight is 292 g/mol. The van der Waals surface area contributed by atoms with Crippen LogP contribution in [0.15, 0.2) is 24.5 Å². The van der Waals surface area contributed by atoms with E-state index in [1.807, 2.05) is 12.1 Å². The number of nitrogens with zero attached hydrogens (tertiary/aromatic N) is 1. The second-order valence-electron chi connectivity index (χ2n) is 6.18. The molecule has 0 spiro atoms. The third-order valence-corrected chi connectivity index (χ3v) is 4.39. The van der Waals surface area contributed by atoms with Crippen LogP contribution in [0.2, 0.25) is 0 Å². The van der Waals surface area contributed by atoms with Crippen molar-refractivity contribution in [2.24, 2.45) is 5.73 Å². The Morgan fingerprint density at radius 3 is 2.29 bits per heavy atom. The molecule has 1 rings (SSSR count). The number of hydrogen-bond donors (Lipinski definition) is 2. The normalized spacial score (nSPS) is 15.6. The number of hydrogen-bond acceptors (Lipinski definition) is 3. The predicted octanol–water partition coefficient (Wildman–Crippen LogP) is 4.15. The number of rotatable bonds is 11. The third-order valence-electron chi connectivity index (χ3n) is 4.39. The Hall–Kier alpha value is -0.930. The Balaban J connectivity index is 2.33. The van der Waals surface area contributed by atoms with Gasteiger partial charge in [-0.2, -0.15) is 0 Å². The van der Waals surface area contributed by atoms with E-state index in [1.165, 1.54) is 44.9 Å². The van der Waals surface area contributed by atoms with Gasteiger partial charge in [-0.25, -0.2) is 0 Å². The van der Waals surface area contributed by atoms with Gasteiger partial charge < -0.3 is 10.8 Å². The van der Waals surface area contributed by atoms with Crippen LogP contribution in [0.4, 0.5) is 0 Å². The van der Waals surface area contributed by atoms with E-state index in [0.717, 1.165) is 18.4 Å². The van der Waals surface area contributed by atoms with Gasteiger partial charge in [-0.3, -0.25) is 4.98 Å². The predicted molar refractivity (Wildman–Crippen MR) is 89.0 cm³/mol. The Morgan fingerprint density at radius 1 is 1.14 bits per heavy atom. The van der Waals surface area contributed by atoms with E-state index in [9.17, 15) is 5.11 Å². The summed E-state index contributed by atoms with van der Waals surface area (Å²) in [6.07, 6.45) is 14.0. The zero-order valence-electron chi connectivity index (χ0n) is 13.7. The molecule has 120 valence electrons. The highest BCUT2D eigenvalue weighted by Crippen LogP contribution is 2.28. The number of unbranched alkanes of at least 4 members (excludes halogenated alkanes) is 7. The van der Waals surface area contributed by atoms with Crippen LogP contribution >= 0.6 is 0 Å². The fourth-order valence-electron chi connectivity index (χ4n) is 2.78. The molecule has 0 bridgehead atoms. The SMILES string of the molecule is CCCCCCCCCCC(N)(c1cccnc1)C(C)O. The van der Waals surface area contributed by atoms with Gasteiger partial charge in [-0.1, -0.05) is 64.4 Å². The zero-order chi connectivity index (χ0) is 15.6. The van der Waals surface area contributed by atoms with Gasteiger partial charge in [0.25, 0.3) is 0 Å². The van der Waals surface area contributed by atoms with Crippen molar-refractivity contribution in [1.82, 2.24) is 4.98 Å². The van der Waals surface area contributed by atoms with E-state index in [4.69, 9.17) is 5.73 Å². The molecule has 1 aromatic heterocycles. The standard InChI is InChI=1S/C18H32N2O/c1-3-4-5-6-7-8-9-10-13-18(19,16(2)21)17-12-11-14-20-15-17/h11-12,14-16,21H,3-10,13,19H2,1-2H3. The largest absolute Gasteiger partial charge is 0.391 e. The van der Waals surface area contributed by atoms with Crippen LogP contribution in [0, 0.1) is 0 Å². The second-order valence-corrected chi connectivity index (χ2v) is 6.18. The van der Waals surface area contributed by atoms with Gasteiger partial charge in [0.05, 0.1) is 11.6 Å². The highest BCUT2D eigenvalue weighted by Gasteiger charge is 2.32. The Kier molecular flexibility index (Phi) is 8.55. The van der Waals surface area contributed by atoms with E-state index in [2.05, 4.69) is 11.9 Å². The first-order valence-corrected chi connectivity index (χ1v) is 8.48. The fourth-order valence-corrected chi connectivity index (χ4v) is 2.78. The van der Waals surface area contributed by atoms with E-state index >= 15 is 0 Å². The van der Waals surface area contributed by atoms with Gasteiger partial charge in [0.1, 0.15) is 0 Å². The first kappa shape index (κ1) is 18.1. The van der Waals surface area contributed by atoms with Crippen LogP contribution in [0.25, 0.3) is 0 Å². The first-order chi connectivity index (χ1) is 10.1. The summed E-state index contributed by atoms with van der Waals surface area (Å²) in [5.41, 5.74) is 6.72. The summed E-state index contributed by atoms with van der Waals surface area (Å²) < 4.78 is 0. The monoisotopic (exact) mass is 292 g/mol. The third kappa shape index (κ3) is 6.15. The van der Waals surface area contributed by atoms with Crippen LogP contribution in [0.1, 0.15) is 77.2 Å². The van der Waals surface area contributed by atoms with Crippen molar-refractivity contribution < 1.29 is 5.11 Å². The van der Waals surface area contributed by atoms with E-state index < -0.39 is 11.6 Å². The molecule has 2 unspecified atom stereocenters. The van der Waals surface area contributed by atoms with Crippen LogP contribution in [0.3, 0.4) is 0 Å². The maximum absolute atomic E-state index is 10.1. The number of pyridine rings is 1. The van der Waals surface area contributed by atoms with Crippen molar-refractivity contribution in [1.29, 1.82) is 0 Å². The van der Waals surface area contributed by atoms with Gasteiger partial charge in [-0.15, -0.1) is 0 Å². The molecule has 0 saturated carbocycles. The lowest BCUT2D eigenvalue weighted by Crippen LogP contribution is -2.46. The molecule has 1 heterocycles. The number of aliphatic hydroxyl groups excluding tert-OH is 1. The molecular weight excluding hydrogens is 260 g/mol. The second kappa shape index (κ2) is 9.91. The molecule has 2 atom stereocenters. The van der Waals surface area contributed by atoms with Crippen molar-refractivity contribution >= 4 is 0 Å². The van der Waals surface area contributed by atoms with Crippen molar-refractivity contribution in [3.8, 4) is 0 Å². The Morgan fingerprint density at radius 2 is 1.76 bits per heavy atom. The maximum Gasteiger partial charge on any atom is 0.0733 e. The summed E-state index contributed by atoms with van der Waals surface area (Å²) in [6.45, 7) is 4.02. The molecule has 3 N–H and O–H groups in total. The Labute approximate surface area is 130 Å². The van der Waals surface area contributed by atoms with Gasteiger partial charge in [-0.05, 0) is 25.0 Å². The quantitative estimate of drug-likeness (QED) is 0.602. The lowest BCUT2D eigenvalue weighted by molar-refractivity contribution is 0.0908. The number of nitrogens with two attached hydrogens (primary N) is 1. The fraction of sp³-hybridized carbons (Fsp3) is 0.722. The molecule has 0 fully saturated rings. The van der Waals surface area contributed by atoms with Crippen molar-refractivity contribution in [2.75, 3.05) is 0 Å². The van der Waals surface area contributed by atoms with Crippen molar-refractivity contribution in [2.45, 2.75) is 83.3 Å². The Bertz CT molecular complexity index is 367. The topological polar surface area (TPSA) is 59.1 Å². The van der Waals surface area contributed by atoms with Crippen LogP contribution in [0.5, 0.6) is 0 Å². The van der Waals surface area contributed by atoms with Crippen LogP contribution < -0.4 is 5.73 Å². The van der Waals surface area contributed by atoms with Crippen LogP contribution in [-0.4, -0.2) is 16.2 Å². The zero-order valence-corrected chi connectivity index (χ0v) is 13.7. The lowest BCUT2D eigenvalue weighted by Gasteiger charge is -2.33. The molecule has 0 aliphatic heterocycles. The summed E-state index contributed by atoms with van der Waals surface area (Å²) in [5, 5.41) is 10.1. The van der Waals surface area contributed by atoms with Gasteiger partial charge in [0.2, 0.25) is 0 Å². The number of aromatic nitrogens is 1. The summed E-state index contributed by atoms with van der Waals surface area (Å²) in [4.78, 5) is 4.13. The van der Waals surface area contributed by atoms with Gasteiger partial charge >= 0.3 is 0 Å². The average Bonchev–Trinajstić information content (AvgIpc) is 2.50. The van der Waals surface area contributed by atoms with Crippen LogP contribution in [-0.2, 0) is 5.54 Å². The molecule has 0 saturated heterocycles. The minimum absolute atomic E-state index is 0.564. The maximum atomic E-state index is 10.1. The minimum Gasteiger partial charge on any atom is -0.391 e. The molecule has 0 aromatic carbocycles. The lowest BCUT2D eigenvalue weighted by atomic mass is 9.82. The highest BCUT2D eigenvalue weighted by molar-refractivity contribution is 5.21. The summed E-state index contributed by atoms with van der Waals surface area (Å²) in [6, 6.07) is 3.84. The highest BCUT2D eigenvalue weighted by atomic mass is 16.3. The van der Waals surface area contributed by atoms with Crippen molar-refractivity contribution in [3.63, 3.8) is 0 Å². The molecule has 21 heavy (non-hydrogen) atoms. The molecule has 3 heteroatoms. The van der Waals surface area contributed by atoms with Crippen molar-refractivity contribution in [3.05, 3.63) is 30.1 Å². The molecule has 3 nitrogen and oxygen atoms in total. The number of aliphatic hydroxyl groups is 1. The molecule has 0 radical (unpaired) electrons. The van der Waals surface area contributed by atoms with Gasteiger partial charge in [0.15, 0.2) is 0 Å². The smallest absolute Gasteiger partial charge is 0.0733 e. The van der Waals surface area contributed by atoms with E-state index in [0.29, 0.717) is 0 Å². The molecule has 0 amide bonds. The van der Waals surface area contributed by atoms with E-state index in [1.54, 1.807) is 19.3 Å². The summed E-state index contributed by atoms with van der Waals surface area (Å²) in [7, 11) is 0. The minimum atomic E-state index is -0.670. The summed E-state index contributed by atoms with van der Waals surface area (Å²) >= 11 is 0. The van der Waals surface area contributed by atoms with E-state index in [-0.39, 0.29) is 0 Å². The molecular formula is C18H32N2O.